The second kappa shape index (κ2) is 6.41. The molecule has 2 heteroatoms. The summed E-state index contributed by atoms with van der Waals surface area (Å²) in [6, 6.07) is 0.721. The maximum atomic E-state index is 5.70. The summed E-state index contributed by atoms with van der Waals surface area (Å²) in [7, 11) is 2.08. The van der Waals surface area contributed by atoms with E-state index in [0.717, 1.165) is 18.6 Å². The van der Waals surface area contributed by atoms with Crippen LogP contribution in [0.4, 0.5) is 0 Å². The van der Waals surface area contributed by atoms with Gasteiger partial charge in [-0.05, 0) is 46.1 Å². The maximum absolute atomic E-state index is 5.70. The molecule has 0 saturated heterocycles. The van der Waals surface area contributed by atoms with E-state index in [9.17, 15) is 0 Å². The van der Waals surface area contributed by atoms with Crippen LogP contribution < -0.4 is 5.32 Å². The first-order valence-electron chi connectivity index (χ1n) is 6.01. The third-order valence-corrected chi connectivity index (χ3v) is 3.11. The van der Waals surface area contributed by atoms with Crippen molar-refractivity contribution in [3.05, 3.63) is 0 Å². The molecule has 1 fully saturated rings. The summed E-state index contributed by atoms with van der Waals surface area (Å²) in [6.45, 7) is 5.19. The molecule has 1 aliphatic rings. The molecule has 0 aromatic heterocycles. The van der Waals surface area contributed by atoms with Gasteiger partial charge in [0.05, 0.1) is 6.10 Å². The van der Waals surface area contributed by atoms with Crippen molar-refractivity contribution in [2.75, 3.05) is 13.7 Å². The summed E-state index contributed by atoms with van der Waals surface area (Å²) < 4.78 is 5.70. The molecule has 0 aliphatic heterocycles. The standard InChI is InChI=1S/C12H25NO/c1-10(2)14-9-11-6-4-5-7-12(8-11)13-3/h10-13H,4-9H2,1-3H3. The molecule has 0 radical (unpaired) electrons. The second-order valence-electron chi connectivity index (χ2n) is 4.75. The zero-order valence-electron chi connectivity index (χ0n) is 9.88. The van der Waals surface area contributed by atoms with Crippen molar-refractivity contribution in [3.8, 4) is 0 Å². The molecular weight excluding hydrogens is 174 g/mol. The van der Waals surface area contributed by atoms with E-state index >= 15 is 0 Å². The van der Waals surface area contributed by atoms with E-state index in [1.165, 1.54) is 32.1 Å². The number of hydrogen-bond donors (Lipinski definition) is 1. The van der Waals surface area contributed by atoms with E-state index in [-0.39, 0.29) is 0 Å². The smallest absolute Gasteiger partial charge is 0.0519 e. The summed E-state index contributed by atoms with van der Waals surface area (Å²) in [4.78, 5) is 0. The Morgan fingerprint density at radius 2 is 2.00 bits per heavy atom. The molecule has 14 heavy (non-hydrogen) atoms. The third-order valence-electron chi connectivity index (χ3n) is 3.11. The van der Waals surface area contributed by atoms with Crippen molar-refractivity contribution in [3.63, 3.8) is 0 Å². The van der Waals surface area contributed by atoms with Gasteiger partial charge >= 0.3 is 0 Å². The highest BCUT2D eigenvalue weighted by molar-refractivity contribution is 4.74. The van der Waals surface area contributed by atoms with Crippen LogP contribution in [0.2, 0.25) is 0 Å². The Bertz CT molecular complexity index is 147. The average molecular weight is 199 g/mol. The van der Waals surface area contributed by atoms with Crippen LogP contribution in [-0.2, 0) is 4.74 Å². The molecule has 1 saturated carbocycles. The van der Waals surface area contributed by atoms with Crippen LogP contribution in [0, 0.1) is 5.92 Å². The minimum Gasteiger partial charge on any atom is -0.379 e. The number of hydrogen-bond acceptors (Lipinski definition) is 2. The molecular formula is C12H25NO. The predicted octanol–water partition coefficient (Wildman–Crippen LogP) is 2.58. The number of nitrogens with one attached hydrogen (secondary N) is 1. The van der Waals surface area contributed by atoms with Crippen LogP contribution in [-0.4, -0.2) is 25.8 Å². The molecule has 0 spiro atoms. The van der Waals surface area contributed by atoms with E-state index in [4.69, 9.17) is 4.74 Å². The average Bonchev–Trinajstić information content (AvgIpc) is 2.39. The normalized spacial score (nSPS) is 29.1. The summed E-state index contributed by atoms with van der Waals surface area (Å²) in [5, 5.41) is 3.41. The number of rotatable bonds is 4. The zero-order valence-corrected chi connectivity index (χ0v) is 9.88. The fraction of sp³-hybridized carbons (Fsp3) is 1.00. The minimum atomic E-state index is 0.381. The minimum absolute atomic E-state index is 0.381. The highest BCUT2D eigenvalue weighted by Crippen LogP contribution is 2.23. The van der Waals surface area contributed by atoms with Gasteiger partial charge in [-0.15, -0.1) is 0 Å². The fourth-order valence-corrected chi connectivity index (χ4v) is 2.20. The largest absolute Gasteiger partial charge is 0.379 e. The van der Waals surface area contributed by atoms with Crippen LogP contribution in [0.3, 0.4) is 0 Å². The van der Waals surface area contributed by atoms with Gasteiger partial charge in [-0.3, -0.25) is 0 Å². The van der Waals surface area contributed by atoms with Gasteiger partial charge in [0.25, 0.3) is 0 Å². The molecule has 84 valence electrons. The van der Waals surface area contributed by atoms with Crippen LogP contribution in [0.5, 0.6) is 0 Å². The first-order valence-corrected chi connectivity index (χ1v) is 6.01. The molecule has 2 nitrogen and oxygen atoms in total. The van der Waals surface area contributed by atoms with E-state index in [0.29, 0.717) is 6.10 Å². The topological polar surface area (TPSA) is 21.3 Å². The Morgan fingerprint density at radius 3 is 2.64 bits per heavy atom. The molecule has 1 N–H and O–H groups in total. The van der Waals surface area contributed by atoms with E-state index in [1.54, 1.807) is 0 Å². The monoisotopic (exact) mass is 199 g/mol. The van der Waals surface area contributed by atoms with Crippen LogP contribution in [0.1, 0.15) is 46.0 Å². The summed E-state index contributed by atoms with van der Waals surface area (Å²) in [5.74, 6) is 0.775. The van der Waals surface area contributed by atoms with Gasteiger partial charge in [0, 0.05) is 12.6 Å². The van der Waals surface area contributed by atoms with Crippen molar-refractivity contribution in [2.24, 2.45) is 5.92 Å². The van der Waals surface area contributed by atoms with Crippen molar-refractivity contribution in [2.45, 2.75) is 58.1 Å². The van der Waals surface area contributed by atoms with Gasteiger partial charge in [0.2, 0.25) is 0 Å². The van der Waals surface area contributed by atoms with Gasteiger partial charge < -0.3 is 10.1 Å². The lowest BCUT2D eigenvalue weighted by Crippen LogP contribution is -2.28. The summed E-state index contributed by atoms with van der Waals surface area (Å²) in [6.07, 6.45) is 7.13. The molecule has 2 unspecified atom stereocenters. The van der Waals surface area contributed by atoms with Crippen molar-refractivity contribution in [1.82, 2.24) is 5.32 Å². The Hall–Kier alpha value is -0.0800. The van der Waals surface area contributed by atoms with Crippen molar-refractivity contribution >= 4 is 0 Å². The lowest BCUT2D eigenvalue weighted by molar-refractivity contribution is 0.0456. The third kappa shape index (κ3) is 4.43. The van der Waals surface area contributed by atoms with Gasteiger partial charge in [-0.25, -0.2) is 0 Å². The SMILES string of the molecule is CNC1CCCCC(COC(C)C)C1. The number of ether oxygens (including phenoxy) is 1. The predicted molar refractivity (Wildman–Crippen MR) is 60.5 cm³/mol. The van der Waals surface area contributed by atoms with E-state index < -0.39 is 0 Å². The highest BCUT2D eigenvalue weighted by atomic mass is 16.5. The lowest BCUT2D eigenvalue weighted by atomic mass is 9.99. The van der Waals surface area contributed by atoms with Gasteiger partial charge in [-0.1, -0.05) is 12.8 Å². The Morgan fingerprint density at radius 1 is 1.29 bits per heavy atom. The molecule has 1 aliphatic carbocycles. The second-order valence-corrected chi connectivity index (χ2v) is 4.75. The van der Waals surface area contributed by atoms with Crippen LogP contribution >= 0.6 is 0 Å². The van der Waals surface area contributed by atoms with Gasteiger partial charge in [0.1, 0.15) is 0 Å². The molecule has 0 bridgehead atoms. The first kappa shape index (κ1) is 12.0. The molecule has 0 aromatic rings. The molecule has 2 atom stereocenters. The molecule has 0 aromatic carbocycles. The zero-order chi connectivity index (χ0) is 10.4. The van der Waals surface area contributed by atoms with E-state index in [2.05, 4.69) is 26.2 Å². The molecule has 1 rings (SSSR count). The van der Waals surface area contributed by atoms with Crippen molar-refractivity contribution in [1.29, 1.82) is 0 Å². The first-order chi connectivity index (χ1) is 6.72. The quantitative estimate of drug-likeness (QED) is 0.703. The fourth-order valence-electron chi connectivity index (χ4n) is 2.20. The Kier molecular flexibility index (Phi) is 5.49. The lowest BCUT2D eigenvalue weighted by Gasteiger charge is -2.20. The van der Waals surface area contributed by atoms with Crippen LogP contribution in [0.25, 0.3) is 0 Å². The molecule has 0 heterocycles. The summed E-state index contributed by atoms with van der Waals surface area (Å²) >= 11 is 0. The maximum Gasteiger partial charge on any atom is 0.0519 e. The summed E-state index contributed by atoms with van der Waals surface area (Å²) in [5.41, 5.74) is 0. The van der Waals surface area contributed by atoms with Crippen molar-refractivity contribution < 1.29 is 4.74 Å². The Balaban J connectivity index is 2.27. The molecule has 0 amide bonds. The highest BCUT2D eigenvalue weighted by Gasteiger charge is 2.19. The van der Waals surface area contributed by atoms with E-state index in [1.807, 2.05) is 0 Å². The Labute approximate surface area is 88.4 Å². The van der Waals surface area contributed by atoms with Gasteiger partial charge in [0.15, 0.2) is 0 Å². The van der Waals surface area contributed by atoms with Gasteiger partial charge in [-0.2, -0.15) is 0 Å². The van der Waals surface area contributed by atoms with Crippen LogP contribution in [0.15, 0.2) is 0 Å².